The summed E-state index contributed by atoms with van der Waals surface area (Å²) < 4.78 is 5.97. The molecule has 0 unspecified atom stereocenters. The predicted molar refractivity (Wildman–Crippen MR) is 93.6 cm³/mol. The highest BCUT2D eigenvalue weighted by Gasteiger charge is 2.15. The van der Waals surface area contributed by atoms with Crippen LogP contribution >= 0.6 is 0 Å². The number of rotatable bonds is 4. The van der Waals surface area contributed by atoms with Gasteiger partial charge in [0, 0.05) is 11.9 Å². The van der Waals surface area contributed by atoms with E-state index in [1.165, 1.54) is 0 Å². The molecule has 2 aromatic carbocycles. The SMILES string of the molecule is COc1ccc(NC(=O)c2c[nH]c(=O)n(-c3ccccc3)c2=O)cc1. The number of aromatic nitrogens is 2. The van der Waals surface area contributed by atoms with E-state index >= 15 is 0 Å². The molecule has 0 fully saturated rings. The molecule has 1 amide bonds. The number of carbonyl (C=O) groups excluding carboxylic acids is 1. The van der Waals surface area contributed by atoms with Gasteiger partial charge in [0.1, 0.15) is 11.3 Å². The van der Waals surface area contributed by atoms with E-state index in [9.17, 15) is 14.4 Å². The van der Waals surface area contributed by atoms with Crippen molar-refractivity contribution in [2.45, 2.75) is 0 Å². The van der Waals surface area contributed by atoms with Crippen LogP contribution in [0.15, 0.2) is 70.4 Å². The zero-order valence-corrected chi connectivity index (χ0v) is 13.4. The maximum atomic E-state index is 12.6. The van der Waals surface area contributed by atoms with Gasteiger partial charge in [-0.1, -0.05) is 18.2 Å². The molecule has 1 aromatic heterocycles. The van der Waals surface area contributed by atoms with Gasteiger partial charge in [-0.25, -0.2) is 9.36 Å². The highest BCUT2D eigenvalue weighted by molar-refractivity contribution is 6.03. The van der Waals surface area contributed by atoms with Crippen molar-refractivity contribution in [1.82, 2.24) is 9.55 Å². The Morgan fingerprint density at radius 1 is 1.04 bits per heavy atom. The van der Waals surface area contributed by atoms with E-state index in [-0.39, 0.29) is 5.56 Å². The van der Waals surface area contributed by atoms with E-state index in [2.05, 4.69) is 10.3 Å². The highest BCUT2D eigenvalue weighted by atomic mass is 16.5. The van der Waals surface area contributed by atoms with Crippen LogP contribution in [0.4, 0.5) is 5.69 Å². The lowest BCUT2D eigenvalue weighted by molar-refractivity contribution is 0.102. The summed E-state index contributed by atoms with van der Waals surface area (Å²) in [5, 5.41) is 2.62. The third-order valence-corrected chi connectivity index (χ3v) is 3.58. The Hall–Kier alpha value is -3.61. The minimum Gasteiger partial charge on any atom is -0.497 e. The molecule has 0 aliphatic carbocycles. The van der Waals surface area contributed by atoms with Crippen molar-refractivity contribution in [3.8, 4) is 11.4 Å². The molecule has 0 saturated heterocycles. The number of anilines is 1. The lowest BCUT2D eigenvalue weighted by Crippen LogP contribution is -2.38. The van der Waals surface area contributed by atoms with Crippen molar-refractivity contribution in [1.29, 1.82) is 0 Å². The number of aromatic amines is 1. The lowest BCUT2D eigenvalue weighted by Gasteiger charge is -2.08. The summed E-state index contributed by atoms with van der Waals surface area (Å²) in [6.45, 7) is 0. The molecular formula is C18H15N3O4. The summed E-state index contributed by atoms with van der Waals surface area (Å²) in [4.78, 5) is 39.4. The molecule has 7 nitrogen and oxygen atoms in total. The largest absolute Gasteiger partial charge is 0.497 e. The lowest BCUT2D eigenvalue weighted by atomic mass is 10.2. The van der Waals surface area contributed by atoms with Crippen LogP contribution in [0.2, 0.25) is 0 Å². The third-order valence-electron chi connectivity index (χ3n) is 3.58. The Balaban J connectivity index is 1.96. The minimum absolute atomic E-state index is 0.167. The molecule has 0 aliphatic heterocycles. The van der Waals surface area contributed by atoms with Gasteiger partial charge in [0.05, 0.1) is 12.8 Å². The fraction of sp³-hybridized carbons (Fsp3) is 0.0556. The van der Waals surface area contributed by atoms with E-state index in [0.717, 1.165) is 10.8 Å². The van der Waals surface area contributed by atoms with E-state index in [4.69, 9.17) is 4.74 Å². The zero-order chi connectivity index (χ0) is 17.8. The number of H-pyrrole nitrogens is 1. The number of nitrogens with zero attached hydrogens (tertiary/aromatic N) is 1. The van der Waals surface area contributed by atoms with Gasteiger partial charge in [-0.3, -0.25) is 9.59 Å². The standard InChI is InChI=1S/C18H15N3O4/c1-25-14-9-7-12(8-10-14)20-16(22)15-11-19-18(24)21(17(15)23)13-5-3-2-4-6-13/h2-11H,1H3,(H,19,24)(H,20,22). The number of methoxy groups -OCH3 is 1. The maximum absolute atomic E-state index is 12.6. The molecule has 25 heavy (non-hydrogen) atoms. The molecule has 0 bridgehead atoms. The van der Waals surface area contributed by atoms with Crippen LogP contribution in [0.25, 0.3) is 5.69 Å². The number of benzene rings is 2. The van der Waals surface area contributed by atoms with E-state index in [1.54, 1.807) is 61.7 Å². The first kappa shape index (κ1) is 16.3. The van der Waals surface area contributed by atoms with Crippen LogP contribution in [0, 0.1) is 0 Å². The van der Waals surface area contributed by atoms with Crippen LogP contribution in [0.5, 0.6) is 5.75 Å². The van der Waals surface area contributed by atoms with E-state index in [0.29, 0.717) is 17.1 Å². The Morgan fingerprint density at radius 3 is 2.36 bits per heavy atom. The number of ether oxygens (including phenoxy) is 1. The summed E-state index contributed by atoms with van der Waals surface area (Å²) in [6.07, 6.45) is 1.11. The monoisotopic (exact) mass is 337 g/mol. The van der Waals surface area contributed by atoms with Crippen LogP contribution in [0.1, 0.15) is 10.4 Å². The van der Waals surface area contributed by atoms with Gasteiger partial charge in [-0.05, 0) is 36.4 Å². The van der Waals surface area contributed by atoms with Gasteiger partial charge < -0.3 is 15.0 Å². The Kier molecular flexibility index (Phi) is 4.47. The Bertz CT molecular complexity index is 1000. The summed E-state index contributed by atoms with van der Waals surface area (Å²) in [5.74, 6) is 0.0320. The first-order chi connectivity index (χ1) is 12.1. The summed E-state index contributed by atoms with van der Waals surface area (Å²) in [7, 11) is 1.54. The number of carbonyl (C=O) groups is 1. The van der Waals surface area contributed by atoms with Gasteiger partial charge in [0.2, 0.25) is 0 Å². The molecular weight excluding hydrogens is 322 g/mol. The van der Waals surface area contributed by atoms with Crippen LogP contribution in [-0.2, 0) is 0 Å². The van der Waals surface area contributed by atoms with Gasteiger partial charge in [-0.2, -0.15) is 0 Å². The van der Waals surface area contributed by atoms with E-state index in [1.807, 2.05) is 0 Å². The Labute approximate surface area is 142 Å². The summed E-state index contributed by atoms with van der Waals surface area (Å²) in [6, 6.07) is 15.1. The maximum Gasteiger partial charge on any atom is 0.333 e. The molecule has 3 aromatic rings. The molecule has 7 heteroatoms. The second-order valence-corrected chi connectivity index (χ2v) is 5.17. The molecule has 0 saturated carbocycles. The van der Waals surface area contributed by atoms with Gasteiger partial charge in [0.15, 0.2) is 0 Å². The van der Waals surface area contributed by atoms with Crippen LogP contribution in [0.3, 0.4) is 0 Å². The molecule has 0 spiro atoms. The van der Waals surface area contributed by atoms with Crippen molar-refractivity contribution in [2.75, 3.05) is 12.4 Å². The van der Waals surface area contributed by atoms with Gasteiger partial charge in [0.25, 0.3) is 11.5 Å². The van der Waals surface area contributed by atoms with Crippen LogP contribution in [-0.4, -0.2) is 22.6 Å². The third kappa shape index (κ3) is 3.35. The number of nitrogens with one attached hydrogen (secondary N) is 2. The first-order valence-electron chi connectivity index (χ1n) is 7.45. The van der Waals surface area contributed by atoms with Gasteiger partial charge in [-0.15, -0.1) is 0 Å². The molecule has 0 radical (unpaired) electrons. The molecule has 126 valence electrons. The molecule has 0 atom stereocenters. The number of amides is 1. The van der Waals surface area contributed by atoms with Crippen LogP contribution < -0.4 is 21.3 Å². The number of hydrogen-bond acceptors (Lipinski definition) is 4. The molecule has 3 rings (SSSR count). The second kappa shape index (κ2) is 6.88. The fourth-order valence-electron chi connectivity index (χ4n) is 2.32. The Morgan fingerprint density at radius 2 is 1.72 bits per heavy atom. The predicted octanol–water partition coefficient (Wildman–Crippen LogP) is 1.79. The van der Waals surface area contributed by atoms with Crippen molar-refractivity contribution in [3.63, 3.8) is 0 Å². The second-order valence-electron chi connectivity index (χ2n) is 5.17. The van der Waals surface area contributed by atoms with Crippen molar-refractivity contribution >= 4 is 11.6 Å². The molecule has 1 heterocycles. The first-order valence-corrected chi connectivity index (χ1v) is 7.45. The number of hydrogen-bond donors (Lipinski definition) is 2. The van der Waals surface area contributed by atoms with Gasteiger partial charge >= 0.3 is 5.69 Å². The quantitative estimate of drug-likeness (QED) is 0.759. The average Bonchev–Trinajstić information content (AvgIpc) is 2.63. The highest BCUT2D eigenvalue weighted by Crippen LogP contribution is 2.15. The topological polar surface area (TPSA) is 93.2 Å². The van der Waals surface area contributed by atoms with Crippen molar-refractivity contribution in [3.05, 3.63) is 87.2 Å². The normalized spacial score (nSPS) is 10.3. The average molecular weight is 337 g/mol. The molecule has 2 N–H and O–H groups in total. The molecule has 0 aliphatic rings. The fourth-order valence-corrected chi connectivity index (χ4v) is 2.32. The summed E-state index contributed by atoms with van der Waals surface area (Å²) in [5.41, 5.74) is -0.590. The summed E-state index contributed by atoms with van der Waals surface area (Å²) >= 11 is 0. The van der Waals surface area contributed by atoms with Crippen molar-refractivity contribution in [2.24, 2.45) is 0 Å². The zero-order valence-electron chi connectivity index (χ0n) is 13.4. The number of para-hydroxylation sites is 1. The smallest absolute Gasteiger partial charge is 0.333 e. The minimum atomic E-state index is -0.694. The van der Waals surface area contributed by atoms with E-state index < -0.39 is 17.2 Å². The van der Waals surface area contributed by atoms with Crippen molar-refractivity contribution < 1.29 is 9.53 Å².